The van der Waals surface area contributed by atoms with Crippen LogP contribution in [0.3, 0.4) is 0 Å². The van der Waals surface area contributed by atoms with E-state index in [9.17, 15) is 0 Å². The highest BCUT2D eigenvalue weighted by Gasteiger charge is 2.16. The molecule has 2 rings (SSSR count). The van der Waals surface area contributed by atoms with Gasteiger partial charge in [-0.15, -0.1) is 0 Å². The topological polar surface area (TPSA) is 44.5 Å². The minimum absolute atomic E-state index is 0.0551. The van der Waals surface area contributed by atoms with Gasteiger partial charge in [-0.2, -0.15) is 0 Å². The SMILES string of the molecule is COC[C@H](N)c1ccc(OC2CCCC2)cc1. The molecule has 0 aliphatic heterocycles. The molecule has 1 aliphatic rings. The molecule has 1 saturated carbocycles. The van der Waals surface area contributed by atoms with Crippen LogP contribution in [0.25, 0.3) is 0 Å². The summed E-state index contributed by atoms with van der Waals surface area (Å²) >= 11 is 0. The molecule has 94 valence electrons. The summed E-state index contributed by atoms with van der Waals surface area (Å²) in [5.74, 6) is 0.949. The third-order valence-electron chi connectivity index (χ3n) is 3.26. The van der Waals surface area contributed by atoms with E-state index in [0.29, 0.717) is 12.7 Å². The molecular weight excluding hydrogens is 214 g/mol. The van der Waals surface area contributed by atoms with Crippen molar-refractivity contribution in [1.29, 1.82) is 0 Å². The summed E-state index contributed by atoms with van der Waals surface area (Å²) in [7, 11) is 1.66. The highest BCUT2D eigenvalue weighted by molar-refractivity contribution is 5.29. The van der Waals surface area contributed by atoms with Gasteiger partial charge in [-0.25, -0.2) is 0 Å². The molecule has 2 N–H and O–H groups in total. The van der Waals surface area contributed by atoms with Crippen molar-refractivity contribution in [2.24, 2.45) is 5.73 Å². The summed E-state index contributed by atoms with van der Waals surface area (Å²) in [4.78, 5) is 0. The average molecular weight is 235 g/mol. The molecule has 0 unspecified atom stereocenters. The third-order valence-corrected chi connectivity index (χ3v) is 3.26. The van der Waals surface area contributed by atoms with Gasteiger partial charge in [0, 0.05) is 7.11 Å². The predicted molar refractivity (Wildman–Crippen MR) is 68.1 cm³/mol. The maximum atomic E-state index is 5.95. The minimum atomic E-state index is -0.0551. The maximum Gasteiger partial charge on any atom is 0.119 e. The Morgan fingerprint density at radius 3 is 2.47 bits per heavy atom. The van der Waals surface area contributed by atoms with Gasteiger partial charge in [-0.3, -0.25) is 0 Å². The monoisotopic (exact) mass is 235 g/mol. The molecule has 0 radical (unpaired) electrons. The summed E-state index contributed by atoms with van der Waals surface area (Å²) in [6.45, 7) is 0.544. The zero-order valence-corrected chi connectivity index (χ0v) is 10.4. The van der Waals surface area contributed by atoms with Gasteiger partial charge in [0.25, 0.3) is 0 Å². The first-order valence-electron chi connectivity index (χ1n) is 6.30. The molecule has 0 spiro atoms. The molecular formula is C14H21NO2. The lowest BCUT2D eigenvalue weighted by molar-refractivity contribution is 0.180. The molecule has 0 saturated heterocycles. The van der Waals surface area contributed by atoms with E-state index in [2.05, 4.69) is 0 Å². The first kappa shape index (κ1) is 12.4. The van der Waals surface area contributed by atoms with Gasteiger partial charge in [0.05, 0.1) is 18.8 Å². The van der Waals surface area contributed by atoms with Crippen molar-refractivity contribution in [3.63, 3.8) is 0 Å². The molecule has 3 heteroatoms. The summed E-state index contributed by atoms with van der Waals surface area (Å²) in [6.07, 6.45) is 5.37. The zero-order valence-electron chi connectivity index (χ0n) is 10.4. The molecule has 0 amide bonds. The fourth-order valence-electron chi connectivity index (χ4n) is 2.27. The number of methoxy groups -OCH3 is 1. The van der Waals surface area contributed by atoms with Crippen LogP contribution >= 0.6 is 0 Å². The Morgan fingerprint density at radius 2 is 1.88 bits per heavy atom. The van der Waals surface area contributed by atoms with Gasteiger partial charge in [0.1, 0.15) is 5.75 Å². The van der Waals surface area contributed by atoms with E-state index in [1.165, 1.54) is 25.7 Å². The Bertz CT molecular complexity index is 331. The van der Waals surface area contributed by atoms with Crippen LogP contribution < -0.4 is 10.5 Å². The number of hydrogen-bond acceptors (Lipinski definition) is 3. The van der Waals surface area contributed by atoms with Gasteiger partial charge in [0.15, 0.2) is 0 Å². The predicted octanol–water partition coefficient (Wildman–Crippen LogP) is 2.65. The second-order valence-corrected chi connectivity index (χ2v) is 4.66. The lowest BCUT2D eigenvalue weighted by Gasteiger charge is -2.15. The number of benzene rings is 1. The number of rotatable bonds is 5. The second kappa shape index (κ2) is 6.03. The molecule has 0 bridgehead atoms. The summed E-state index contributed by atoms with van der Waals surface area (Å²) in [6, 6.07) is 7.99. The standard InChI is InChI=1S/C14H21NO2/c1-16-10-14(15)11-6-8-13(9-7-11)17-12-4-2-3-5-12/h6-9,12,14H,2-5,10,15H2,1H3/t14-/m0/s1. The summed E-state index contributed by atoms with van der Waals surface area (Å²) in [5, 5.41) is 0. The van der Waals surface area contributed by atoms with E-state index in [-0.39, 0.29) is 6.04 Å². The van der Waals surface area contributed by atoms with Crippen molar-refractivity contribution in [2.75, 3.05) is 13.7 Å². The number of ether oxygens (including phenoxy) is 2. The van der Waals surface area contributed by atoms with E-state index in [0.717, 1.165) is 11.3 Å². The van der Waals surface area contributed by atoms with Crippen molar-refractivity contribution in [3.05, 3.63) is 29.8 Å². The highest BCUT2D eigenvalue weighted by atomic mass is 16.5. The second-order valence-electron chi connectivity index (χ2n) is 4.66. The van der Waals surface area contributed by atoms with Crippen LogP contribution in [0.15, 0.2) is 24.3 Å². The van der Waals surface area contributed by atoms with Gasteiger partial charge < -0.3 is 15.2 Å². The normalized spacial score (nSPS) is 18.2. The Morgan fingerprint density at radius 1 is 1.24 bits per heavy atom. The summed E-state index contributed by atoms with van der Waals surface area (Å²) < 4.78 is 10.9. The Hall–Kier alpha value is -1.06. The van der Waals surface area contributed by atoms with Crippen molar-refractivity contribution in [2.45, 2.75) is 37.8 Å². The van der Waals surface area contributed by atoms with E-state index >= 15 is 0 Å². The fraction of sp³-hybridized carbons (Fsp3) is 0.571. The molecule has 1 atom stereocenters. The number of nitrogens with two attached hydrogens (primary N) is 1. The average Bonchev–Trinajstić information content (AvgIpc) is 2.83. The van der Waals surface area contributed by atoms with E-state index in [4.69, 9.17) is 15.2 Å². The molecule has 1 aromatic rings. The van der Waals surface area contributed by atoms with Crippen LogP contribution in [-0.4, -0.2) is 19.8 Å². The molecule has 1 fully saturated rings. The van der Waals surface area contributed by atoms with E-state index < -0.39 is 0 Å². The largest absolute Gasteiger partial charge is 0.490 e. The summed E-state index contributed by atoms with van der Waals surface area (Å²) in [5.41, 5.74) is 7.04. The Labute approximate surface area is 103 Å². The maximum absolute atomic E-state index is 5.95. The Kier molecular flexibility index (Phi) is 4.40. The van der Waals surface area contributed by atoms with Crippen LogP contribution in [-0.2, 0) is 4.74 Å². The first-order valence-corrected chi connectivity index (χ1v) is 6.30. The lowest BCUT2D eigenvalue weighted by atomic mass is 10.1. The highest BCUT2D eigenvalue weighted by Crippen LogP contribution is 2.24. The molecule has 17 heavy (non-hydrogen) atoms. The van der Waals surface area contributed by atoms with Gasteiger partial charge in [-0.05, 0) is 43.4 Å². The smallest absolute Gasteiger partial charge is 0.119 e. The van der Waals surface area contributed by atoms with Crippen LogP contribution in [0.2, 0.25) is 0 Å². The van der Waals surface area contributed by atoms with Gasteiger partial charge in [-0.1, -0.05) is 12.1 Å². The molecule has 3 nitrogen and oxygen atoms in total. The fourth-order valence-corrected chi connectivity index (χ4v) is 2.27. The van der Waals surface area contributed by atoms with Crippen LogP contribution in [0, 0.1) is 0 Å². The van der Waals surface area contributed by atoms with Crippen LogP contribution in [0.5, 0.6) is 5.75 Å². The quantitative estimate of drug-likeness (QED) is 0.853. The van der Waals surface area contributed by atoms with E-state index in [1.54, 1.807) is 7.11 Å². The van der Waals surface area contributed by atoms with Gasteiger partial charge in [0.2, 0.25) is 0 Å². The van der Waals surface area contributed by atoms with Crippen molar-refractivity contribution in [1.82, 2.24) is 0 Å². The van der Waals surface area contributed by atoms with Crippen molar-refractivity contribution >= 4 is 0 Å². The number of hydrogen-bond donors (Lipinski definition) is 1. The minimum Gasteiger partial charge on any atom is -0.490 e. The van der Waals surface area contributed by atoms with Crippen molar-refractivity contribution < 1.29 is 9.47 Å². The Balaban J connectivity index is 1.92. The molecule has 0 aromatic heterocycles. The molecule has 1 aliphatic carbocycles. The molecule has 1 aromatic carbocycles. The van der Waals surface area contributed by atoms with Gasteiger partial charge >= 0.3 is 0 Å². The van der Waals surface area contributed by atoms with E-state index in [1.807, 2.05) is 24.3 Å². The van der Waals surface area contributed by atoms with Crippen molar-refractivity contribution in [3.8, 4) is 5.75 Å². The van der Waals surface area contributed by atoms with Crippen LogP contribution in [0.1, 0.15) is 37.3 Å². The lowest BCUT2D eigenvalue weighted by Crippen LogP contribution is -2.16. The molecule has 0 heterocycles. The third kappa shape index (κ3) is 3.45. The first-order chi connectivity index (χ1) is 8.29. The van der Waals surface area contributed by atoms with Crippen LogP contribution in [0.4, 0.5) is 0 Å². The zero-order chi connectivity index (χ0) is 12.1.